The van der Waals surface area contributed by atoms with E-state index < -0.39 is 6.09 Å². The number of terminal acetylenes is 2. The van der Waals surface area contributed by atoms with Gasteiger partial charge in [0.15, 0.2) is 0 Å². The Balaban J connectivity index is 2.47. The zero-order valence-electron chi connectivity index (χ0n) is 11.3. The highest BCUT2D eigenvalue weighted by molar-refractivity contribution is 5.86. The number of carboxylic acid groups (broad SMARTS) is 1. The van der Waals surface area contributed by atoms with Crippen LogP contribution >= 0.6 is 0 Å². The lowest BCUT2D eigenvalue weighted by Gasteiger charge is -2.24. The van der Waals surface area contributed by atoms with Gasteiger partial charge >= 0.3 is 6.09 Å². The summed E-state index contributed by atoms with van der Waals surface area (Å²) in [7, 11) is 0. The third-order valence-corrected chi connectivity index (χ3v) is 3.81. The van der Waals surface area contributed by atoms with Crippen molar-refractivity contribution < 1.29 is 9.90 Å². The van der Waals surface area contributed by atoms with Crippen LogP contribution in [0.4, 0.5) is 10.5 Å². The zero-order valence-corrected chi connectivity index (χ0v) is 11.3. The molecule has 0 bridgehead atoms. The summed E-state index contributed by atoms with van der Waals surface area (Å²) in [6.07, 6.45) is 15.9. The average Bonchev–Trinajstić information content (AvgIpc) is 2.47. The maximum absolute atomic E-state index is 10.8. The van der Waals surface area contributed by atoms with Crippen LogP contribution in [-0.2, 0) is 0 Å². The van der Waals surface area contributed by atoms with Crippen LogP contribution < -0.4 is 5.32 Å². The number of hydrogen-bond donors (Lipinski definition) is 2. The predicted molar refractivity (Wildman–Crippen MR) is 79.8 cm³/mol. The Morgan fingerprint density at radius 1 is 1.15 bits per heavy atom. The minimum Gasteiger partial charge on any atom is -0.465 e. The molecule has 0 aliphatic heterocycles. The molecule has 3 nitrogen and oxygen atoms in total. The van der Waals surface area contributed by atoms with Gasteiger partial charge in [-0.25, -0.2) is 4.79 Å². The molecular formula is C17H17NO2. The van der Waals surface area contributed by atoms with Gasteiger partial charge in [0.2, 0.25) is 0 Å². The van der Waals surface area contributed by atoms with E-state index in [1.807, 2.05) is 6.07 Å². The fourth-order valence-corrected chi connectivity index (χ4v) is 2.90. The first kappa shape index (κ1) is 14.0. The highest BCUT2D eigenvalue weighted by Gasteiger charge is 2.21. The van der Waals surface area contributed by atoms with Crippen molar-refractivity contribution in [3.63, 3.8) is 0 Å². The minimum atomic E-state index is -1.14. The Kier molecular flexibility index (Phi) is 4.33. The van der Waals surface area contributed by atoms with E-state index in [1.54, 1.807) is 6.07 Å². The van der Waals surface area contributed by atoms with Gasteiger partial charge in [-0.1, -0.05) is 37.2 Å². The summed E-state index contributed by atoms with van der Waals surface area (Å²) < 4.78 is 0. The normalized spacial score (nSPS) is 15.1. The lowest BCUT2D eigenvalue weighted by atomic mass is 9.81. The molecule has 0 aromatic heterocycles. The van der Waals surface area contributed by atoms with Gasteiger partial charge in [-0.3, -0.25) is 5.32 Å². The van der Waals surface area contributed by atoms with E-state index in [1.165, 1.54) is 19.3 Å². The van der Waals surface area contributed by atoms with Crippen LogP contribution in [0.15, 0.2) is 12.1 Å². The van der Waals surface area contributed by atoms with E-state index in [0.29, 0.717) is 22.7 Å². The number of nitrogens with one attached hydrogen (secondary N) is 1. The van der Waals surface area contributed by atoms with Gasteiger partial charge in [-0.15, -0.1) is 12.8 Å². The van der Waals surface area contributed by atoms with E-state index in [0.717, 1.165) is 18.4 Å². The van der Waals surface area contributed by atoms with Gasteiger partial charge in [0.1, 0.15) is 0 Å². The van der Waals surface area contributed by atoms with Crippen molar-refractivity contribution in [2.75, 3.05) is 5.32 Å². The lowest BCUT2D eigenvalue weighted by molar-refractivity contribution is 0.209. The van der Waals surface area contributed by atoms with Crippen molar-refractivity contribution >= 4 is 11.8 Å². The Bertz CT molecular complexity index is 599. The maximum Gasteiger partial charge on any atom is 0.409 e. The van der Waals surface area contributed by atoms with Crippen molar-refractivity contribution in [3.8, 4) is 24.7 Å². The van der Waals surface area contributed by atoms with E-state index >= 15 is 0 Å². The summed E-state index contributed by atoms with van der Waals surface area (Å²) >= 11 is 0. The van der Waals surface area contributed by atoms with E-state index in [9.17, 15) is 4.79 Å². The predicted octanol–water partition coefficient (Wildman–Crippen LogP) is 3.79. The van der Waals surface area contributed by atoms with Gasteiger partial charge < -0.3 is 5.11 Å². The molecule has 1 aliphatic rings. The van der Waals surface area contributed by atoms with Gasteiger partial charge in [-0.05, 0) is 30.4 Å². The molecule has 102 valence electrons. The second-order valence-corrected chi connectivity index (χ2v) is 5.01. The highest BCUT2D eigenvalue weighted by atomic mass is 16.4. The second kappa shape index (κ2) is 6.17. The molecule has 0 atom stereocenters. The number of hydrogen-bond acceptors (Lipinski definition) is 1. The molecule has 3 heteroatoms. The summed E-state index contributed by atoms with van der Waals surface area (Å²) in [5, 5.41) is 11.1. The van der Waals surface area contributed by atoms with E-state index in [4.69, 9.17) is 18.0 Å². The molecule has 1 aromatic rings. The molecule has 0 unspecified atom stereocenters. The second-order valence-electron chi connectivity index (χ2n) is 5.01. The van der Waals surface area contributed by atoms with Crippen LogP contribution in [0.3, 0.4) is 0 Å². The fraction of sp³-hybridized carbons (Fsp3) is 0.353. The van der Waals surface area contributed by atoms with Crippen LogP contribution in [0.5, 0.6) is 0 Å². The minimum absolute atomic E-state index is 0.382. The van der Waals surface area contributed by atoms with E-state index in [-0.39, 0.29) is 0 Å². The van der Waals surface area contributed by atoms with Crippen LogP contribution in [0.2, 0.25) is 0 Å². The number of rotatable bonds is 2. The lowest BCUT2D eigenvalue weighted by Crippen LogP contribution is -2.12. The fourth-order valence-electron chi connectivity index (χ4n) is 2.90. The standard InChI is InChI=1S/C17H17NO2/c1-3-13-14(4-2)16(18-17(19)20)11-10-15(13)12-8-6-5-7-9-12/h1-2,10-12,18H,5-9H2,(H,19,20). The van der Waals surface area contributed by atoms with Gasteiger partial charge in [-0.2, -0.15) is 0 Å². The molecule has 1 amide bonds. The van der Waals surface area contributed by atoms with Crippen LogP contribution in [0, 0.1) is 24.7 Å². The molecule has 0 heterocycles. The molecule has 1 fully saturated rings. The molecule has 0 radical (unpaired) electrons. The Labute approximate surface area is 119 Å². The van der Waals surface area contributed by atoms with Crippen molar-refractivity contribution in [1.29, 1.82) is 0 Å². The third kappa shape index (κ3) is 2.78. The number of amides is 1. The first-order valence-electron chi connectivity index (χ1n) is 6.77. The molecule has 1 saturated carbocycles. The van der Waals surface area contributed by atoms with Gasteiger partial charge in [0.05, 0.1) is 11.3 Å². The molecule has 1 aliphatic carbocycles. The topological polar surface area (TPSA) is 49.3 Å². The van der Waals surface area contributed by atoms with Crippen LogP contribution in [0.25, 0.3) is 0 Å². The van der Waals surface area contributed by atoms with Crippen molar-refractivity contribution in [2.24, 2.45) is 0 Å². The Morgan fingerprint density at radius 3 is 2.35 bits per heavy atom. The van der Waals surface area contributed by atoms with Crippen LogP contribution in [-0.4, -0.2) is 11.2 Å². The number of anilines is 1. The number of carbonyl (C=O) groups is 1. The summed E-state index contributed by atoms with van der Waals surface area (Å²) in [4.78, 5) is 10.8. The van der Waals surface area contributed by atoms with Crippen molar-refractivity contribution in [3.05, 3.63) is 28.8 Å². The summed E-state index contributed by atoms with van der Waals surface area (Å²) in [6.45, 7) is 0. The van der Waals surface area contributed by atoms with Crippen molar-refractivity contribution in [1.82, 2.24) is 0 Å². The Morgan fingerprint density at radius 2 is 1.80 bits per heavy atom. The quantitative estimate of drug-likeness (QED) is 0.801. The maximum atomic E-state index is 10.8. The first-order chi connectivity index (χ1) is 9.67. The monoisotopic (exact) mass is 267 g/mol. The summed E-state index contributed by atoms with van der Waals surface area (Å²) in [5.74, 6) is 5.61. The molecule has 2 N–H and O–H groups in total. The average molecular weight is 267 g/mol. The van der Waals surface area contributed by atoms with Gasteiger partial charge in [0.25, 0.3) is 0 Å². The Hall–Kier alpha value is -2.39. The first-order valence-corrected chi connectivity index (χ1v) is 6.77. The zero-order chi connectivity index (χ0) is 14.5. The molecule has 0 spiro atoms. The SMILES string of the molecule is C#Cc1c(NC(=O)O)ccc(C2CCCCC2)c1C#C. The number of benzene rings is 1. The van der Waals surface area contributed by atoms with Crippen molar-refractivity contribution in [2.45, 2.75) is 38.0 Å². The van der Waals surface area contributed by atoms with E-state index in [2.05, 4.69) is 17.2 Å². The summed E-state index contributed by atoms with van der Waals surface area (Å²) in [6, 6.07) is 3.63. The molecule has 1 aromatic carbocycles. The van der Waals surface area contributed by atoms with Crippen LogP contribution in [0.1, 0.15) is 54.7 Å². The smallest absolute Gasteiger partial charge is 0.409 e. The highest BCUT2D eigenvalue weighted by Crippen LogP contribution is 2.36. The largest absolute Gasteiger partial charge is 0.465 e. The third-order valence-electron chi connectivity index (χ3n) is 3.81. The molecular weight excluding hydrogens is 250 g/mol. The molecule has 20 heavy (non-hydrogen) atoms. The molecule has 0 saturated heterocycles. The van der Waals surface area contributed by atoms with Gasteiger partial charge in [0, 0.05) is 5.56 Å². The molecule has 2 rings (SSSR count). The summed E-state index contributed by atoms with van der Waals surface area (Å²) in [5.41, 5.74) is 2.59.